The van der Waals surface area contributed by atoms with Crippen molar-refractivity contribution in [2.45, 2.75) is 45.2 Å². The monoisotopic (exact) mass is 244 g/mol. The Labute approximate surface area is 105 Å². The van der Waals surface area contributed by atoms with E-state index in [0.717, 1.165) is 19.7 Å². The number of nitrogens with one attached hydrogen (secondary N) is 1. The largest absolute Gasteiger partial charge is 0.394 e. The van der Waals surface area contributed by atoms with Crippen molar-refractivity contribution < 1.29 is 9.84 Å². The molecule has 1 fully saturated rings. The summed E-state index contributed by atoms with van der Waals surface area (Å²) in [5, 5.41) is 12.2. The Kier molecular flexibility index (Phi) is 7.77. The third kappa shape index (κ3) is 6.36. The van der Waals surface area contributed by atoms with Crippen LogP contribution in [-0.2, 0) is 4.74 Å². The fourth-order valence-corrected chi connectivity index (χ4v) is 2.31. The Balaban J connectivity index is 2.22. The molecule has 0 aromatic rings. The minimum absolute atomic E-state index is 0.123. The van der Waals surface area contributed by atoms with Gasteiger partial charge in [-0.1, -0.05) is 20.3 Å². The lowest BCUT2D eigenvalue weighted by Gasteiger charge is -2.36. The van der Waals surface area contributed by atoms with Gasteiger partial charge in [0, 0.05) is 25.2 Å². The van der Waals surface area contributed by atoms with Gasteiger partial charge in [-0.15, -0.1) is 0 Å². The summed E-state index contributed by atoms with van der Waals surface area (Å²) < 4.78 is 5.35. The molecule has 1 unspecified atom stereocenters. The van der Waals surface area contributed by atoms with Crippen molar-refractivity contribution in [3.63, 3.8) is 0 Å². The van der Waals surface area contributed by atoms with E-state index in [1.165, 1.54) is 25.8 Å². The Hall–Kier alpha value is -0.160. The van der Waals surface area contributed by atoms with Gasteiger partial charge < -0.3 is 15.2 Å². The van der Waals surface area contributed by atoms with Crippen LogP contribution < -0.4 is 5.32 Å². The first kappa shape index (κ1) is 14.9. The zero-order valence-electron chi connectivity index (χ0n) is 11.3. The first-order chi connectivity index (χ1) is 8.24. The number of nitrogens with zero attached hydrogens (tertiary/aromatic N) is 1. The van der Waals surface area contributed by atoms with Crippen LogP contribution in [0, 0.1) is 0 Å². The van der Waals surface area contributed by atoms with Gasteiger partial charge in [-0.2, -0.15) is 0 Å². The second kappa shape index (κ2) is 8.86. The van der Waals surface area contributed by atoms with Gasteiger partial charge in [0.05, 0.1) is 19.8 Å². The number of hydrogen-bond acceptors (Lipinski definition) is 4. The molecule has 0 bridgehead atoms. The highest BCUT2D eigenvalue weighted by Crippen LogP contribution is 2.16. The molecule has 1 rings (SSSR count). The van der Waals surface area contributed by atoms with E-state index in [-0.39, 0.29) is 6.61 Å². The maximum Gasteiger partial charge on any atom is 0.0698 e. The Morgan fingerprint density at radius 1 is 1.35 bits per heavy atom. The molecule has 1 aliphatic rings. The van der Waals surface area contributed by atoms with Gasteiger partial charge >= 0.3 is 0 Å². The van der Waals surface area contributed by atoms with Crippen LogP contribution in [-0.4, -0.2) is 61.5 Å². The van der Waals surface area contributed by atoms with Gasteiger partial charge in [0.1, 0.15) is 0 Å². The van der Waals surface area contributed by atoms with Crippen LogP contribution >= 0.6 is 0 Å². The maximum atomic E-state index is 8.65. The SMILES string of the molecule is CC(C)NCC1CCCCN1CCOCCO. The molecule has 4 heteroatoms. The molecule has 4 nitrogen and oxygen atoms in total. The lowest BCUT2D eigenvalue weighted by molar-refractivity contribution is 0.0530. The van der Waals surface area contributed by atoms with Gasteiger partial charge in [0.2, 0.25) is 0 Å². The molecule has 0 aromatic heterocycles. The minimum Gasteiger partial charge on any atom is -0.394 e. The van der Waals surface area contributed by atoms with Crippen molar-refractivity contribution in [3.05, 3.63) is 0 Å². The number of hydrogen-bond donors (Lipinski definition) is 2. The molecule has 2 N–H and O–H groups in total. The van der Waals surface area contributed by atoms with Crippen molar-refractivity contribution >= 4 is 0 Å². The highest BCUT2D eigenvalue weighted by atomic mass is 16.5. The summed E-state index contributed by atoms with van der Waals surface area (Å²) in [6, 6.07) is 1.22. The molecular weight excluding hydrogens is 216 g/mol. The van der Waals surface area contributed by atoms with E-state index in [4.69, 9.17) is 9.84 Å². The quantitative estimate of drug-likeness (QED) is 0.621. The number of likely N-dealkylation sites (tertiary alicyclic amines) is 1. The van der Waals surface area contributed by atoms with Crippen LogP contribution in [0.15, 0.2) is 0 Å². The van der Waals surface area contributed by atoms with Gasteiger partial charge in [-0.05, 0) is 19.4 Å². The summed E-state index contributed by atoms with van der Waals surface area (Å²) in [6.45, 7) is 8.96. The van der Waals surface area contributed by atoms with Crippen LogP contribution in [0.25, 0.3) is 0 Å². The molecule has 1 saturated heterocycles. The lowest BCUT2D eigenvalue weighted by Crippen LogP contribution is -2.47. The molecule has 1 heterocycles. The topological polar surface area (TPSA) is 44.7 Å². The van der Waals surface area contributed by atoms with Crippen LogP contribution in [0.1, 0.15) is 33.1 Å². The highest BCUT2D eigenvalue weighted by molar-refractivity contribution is 4.79. The lowest BCUT2D eigenvalue weighted by atomic mass is 10.0. The van der Waals surface area contributed by atoms with Crippen LogP contribution in [0.4, 0.5) is 0 Å². The fraction of sp³-hybridized carbons (Fsp3) is 1.00. The van der Waals surface area contributed by atoms with E-state index < -0.39 is 0 Å². The van der Waals surface area contributed by atoms with Crippen LogP contribution in [0.5, 0.6) is 0 Å². The van der Waals surface area contributed by atoms with E-state index in [2.05, 4.69) is 24.1 Å². The van der Waals surface area contributed by atoms with Gasteiger partial charge in [0.15, 0.2) is 0 Å². The summed E-state index contributed by atoms with van der Waals surface area (Å²) in [5.41, 5.74) is 0. The molecule has 1 atom stereocenters. The summed E-state index contributed by atoms with van der Waals surface area (Å²) in [4.78, 5) is 2.52. The molecule has 1 aliphatic heterocycles. The molecule has 0 radical (unpaired) electrons. The summed E-state index contributed by atoms with van der Waals surface area (Å²) in [7, 11) is 0. The number of aliphatic hydroxyl groups is 1. The molecular formula is C13H28N2O2. The fourth-order valence-electron chi connectivity index (χ4n) is 2.31. The van der Waals surface area contributed by atoms with E-state index >= 15 is 0 Å². The van der Waals surface area contributed by atoms with Crippen LogP contribution in [0.3, 0.4) is 0 Å². The van der Waals surface area contributed by atoms with Crippen molar-refractivity contribution in [1.82, 2.24) is 10.2 Å². The molecule has 0 amide bonds. The maximum absolute atomic E-state index is 8.65. The third-order valence-electron chi connectivity index (χ3n) is 3.27. The zero-order chi connectivity index (χ0) is 12.5. The normalized spacial score (nSPS) is 22.2. The molecule has 0 aromatic carbocycles. The highest BCUT2D eigenvalue weighted by Gasteiger charge is 2.21. The Morgan fingerprint density at radius 2 is 2.18 bits per heavy atom. The number of aliphatic hydroxyl groups excluding tert-OH is 1. The van der Waals surface area contributed by atoms with Gasteiger partial charge in [-0.25, -0.2) is 0 Å². The number of piperidine rings is 1. The average molecular weight is 244 g/mol. The van der Waals surface area contributed by atoms with Gasteiger partial charge in [-0.3, -0.25) is 4.90 Å². The first-order valence-corrected chi connectivity index (χ1v) is 6.90. The van der Waals surface area contributed by atoms with E-state index in [1.807, 2.05) is 0 Å². The van der Waals surface area contributed by atoms with Gasteiger partial charge in [0.25, 0.3) is 0 Å². The molecule has 0 aliphatic carbocycles. The zero-order valence-corrected chi connectivity index (χ0v) is 11.3. The Bertz CT molecular complexity index is 188. The standard InChI is InChI=1S/C13H28N2O2/c1-12(2)14-11-13-5-3-4-6-15(13)7-9-17-10-8-16/h12-14,16H,3-11H2,1-2H3. The molecule has 102 valence electrons. The molecule has 0 saturated carbocycles. The number of rotatable bonds is 8. The molecule has 0 spiro atoms. The second-order valence-corrected chi connectivity index (χ2v) is 5.08. The first-order valence-electron chi connectivity index (χ1n) is 6.90. The average Bonchev–Trinajstić information content (AvgIpc) is 2.33. The minimum atomic E-state index is 0.123. The van der Waals surface area contributed by atoms with Crippen molar-refractivity contribution in [2.24, 2.45) is 0 Å². The summed E-state index contributed by atoms with van der Waals surface area (Å²) in [6.07, 6.45) is 3.94. The smallest absolute Gasteiger partial charge is 0.0698 e. The van der Waals surface area contributed by atoms with Crippen molar-refractivity contribution in [2.75, 3.05) is 39.5 Å². The Morgan fingerprint density at radius 3 is 2.88 bits per heavy atom. The second-order valence-electron chi connectivity index (χ2n) is 5.08. The summed E-state index contributed by atoms with van der Waals surface area (Å²) in [5.74, 6) is 0. The van der Waals surface area contributed by atoms with Crippen molar-refractivity contribution in [1.29, 1.82) is 0 Å². The van der Waals surface area contributed by atoms with E-state index in [0.29, 0.717) is 18.7 Å². The van der Waals surface area contributed by atoms with E-state index in [9.17, 15) is 0 Å². The number of ether oxygens (including phenoxy) is 1. The van der Waals surface area contributed by atoms with Crippen LogP contribution in [0.2, 0.25) is 0 Å². The predicted octanol–water partition coefficient (Wildman–Crippen LogP) is 0.848. The van der Waals surface area contributed by atoms with Crippen molar-refractivity contribution in [3.8, 4) is 0 Å². The summed E-state index contributed by atoms with van der Waals surface area (Å²) >= 11 is 0. The molecule has 17 heavy (non-hydrogen) atoms. The van der Waals surface area contributed by atoms with E-state index in [1.54, 1.807) is 0 Å². The third-order valence-corrected chi connectivity index (χ3v) is 3.27. The predicted molar refractivity (Wildman–Crippen MR) is 70.3 cm³/mol.